The van der Waals surface area contributed by atoms with Crippen molar-refractivity contribution in [2.45, 2.75) is 24.9 Å². The standard InChI is InChI=1S/C12H14N2O4/c1-18-9-4-2-8(3-5-9)12-10(14(16)17)6-7-11(15)13-12/h2-5,10,12H,6-7H2,1H3,(H,13,15)/t10-,12-/m0/s1. The molecule has 2 atom stereocenters. The number of nitro groups is 1. The van der Waals surface area contributed by atoms with E-state index >= 15 is 0 Å². The number of nitrogens with zero attached hydrogens (tertiary/aromatic N) is 1. The monoisotopic (exact) mass is 250 g/mol. The molecular weight excluding hydrogens is 236 g/mol. The number of carbonyl (C=O) groups excluding carboxylic acids is 1. The van der Waals surface area contributed by atoms with Crippen molar-refractivity contribution < 1.29 is 14.5 Å². The predicted octanol–water partition coefficient (Wildman–Crippen LogP) is 1.29. The second-order valence-electron chi connectivity index (χ2n) is 4.21. The van der Waals surface area contributed by atoms with E-state index in [0.717, 1.165) is 5.56 Å². The maximum atomic E-state index is 11.4. The van der Waals surface area contributed by atoms with Crippen molar-refractivity contribution in [2.75, 3.05) is 7.11 Å². The number of hydrogen-bond acceptors (Lipinski definition) is 4. The molecule has 1 aromatic carbocycles. The number of ether oxygens (including phenoxy) is 1. The van der Waals surface area contributed by atoms with E-state index in [-0.39, 0.29) is 23.7 Å². The quantitative estimate of drug-likeness (QED) is 0.647. The van der Waals surface area contributed by atoms with Crippen molar-refractivity contribution >= 4 is 5.91 Å². The highest BCUT2D eigenvalue weighted by atomic mass is 16.6. The zero-order valence-corrected chi connectivity index (χ0v) is 9.96. The van der Waals surface area contributed by atoms with Gasteiger partial charge in [0.1, 0.15) is 11.8 Å². The summed E-state index contributed by atoms with van der Waals surface area (Å²) in [4.78, 5) is 22.1. The van der Waals surface area contributed by atoms with Crippen LogP contribution < -0.4 is 10.1 Å². The first kappa shape index (κ1) is 12.3. The average Bonchev–Trinajstić information content (AvgIpc) is 2.38. The third-order valence-corrected chi connectivity index (χ3v) is 3.11. The molecule has 2 rings (SSSR count). The van der Waals surface area contributed by atoms with Crippen LogP contribution in [0.1, 0.15) is 24.4 Å². The summed E-state index contributed by atoms with van der Waals surface area (Å²) in [6.07, 6.45) is 0.480. The predicted molar refractivity (Wildman–Crippen MR) is 63.9 cm³/mol. The molecular formula is C12H14N2O4. The molecule has 6 nitrogen and oxygen atoms in total. The Bertz CT molecular complexity index is 458. The molecule has 96 valence electrons. The van der Waals surface area contributed by atoms with Crippen LogP contribution >= 0.6 is 0 Å². The van der Waals surface area contributed by atoms with Crippen LogP contribution in [0.5, 0.6) is 5.75 Å². The van der Waals surface area contributed by atoms with Crippen LogP contribution in [0.2, 0.25) is 0 Å². The van der Waals surface area contributed by atoms with Crippen LogP contribution in [0.3, 0.4) is 0 Å². The summed E-state index contributed by atoms with van der Waals surface area (Å²) in [6, 6.07) is 5.61. The zero-order valence-electron chi connectivity index (χ0n) is 9.96. The van der Waals surface area contributed by atoms with Crippen LogP contribution in [-0.4, -0.2) is 24.0 Å². The Morgan fingerprint density at radius 1 is 1.39 bits per heavy atom. The lowest BCUT2D eigenvalue weighted by atomic mass is 9.92. The fraction of sp³-hybridized carbons (Fsp3) is 0.417. The van der Waals surface area contributed by atoms with E-state index in [9.17, 15) is 14.9 Å². The first-order valence-corrected chi connectivity index (χ1v) is 5.68. The molecule has 0 aromatic heterocycles. The van der Waals surface area contributed by atoms with Gasteiger partial charge in [0.25, 0.3) is 0 Å². The lowest BCUT2D eigenvalue weighted by Gasteiger charge is -2.26. The number of carbonyl (C=O) groups is 1. The van der Waals surface area contributed by atoms with Crippen LogP contribution in [0.4, 0.5) is 0 Å². The largest absolute Gasteiger partial charge is 0.497 e. The summed E-state index contributed by atoms with van der Waals surface area (Å²) in [5.74, 6) is 0.535. The molecule has 1 N–H and O–H groups in total. The van der Waals surface area contributed by atoms with Crippen molar-refractivity contribution in [1.29, 1.82) is 0 Å². The molecule has 0 unspecified atom stereocenters. The summed E-state index contributed by atoms with van der Waals surface area (Å²) >= 11 is 0. The molecule has 0 saturated carbocycles. The number of hydrogen-bond donors (Lipinski definition) is 1. The lowest BCUT2D eigenvalue weighted by molar-refractivity contribution is -0.529. The average molecular weight is 250 g/mol. The van der Waals surface area contributed by atoms with Crippen LogP contribution in [-0.2, 0) is 4.79 Å². The minimum Gasteiger partial charge on any atom is -0.497 e. The van der Waals surface area contributed by atoms with E-state index in [1.165, 1.54) is 0 Å². The van der Waals surface area contributed by atoms with Gasteiger partial charge in [-0.25, -0.2) is 0 Å². The van der Waals surface area contributed by atoms with Gasteiger partial charge in [-0.15, -0.1) is 0 Å². The molecule has 1 fully saturated rings. The van der Waals surface area contributed by atoms with Crippen molar-refractivity contribution in [1.82, 2.24) is 5.32 Å². The molecule has 6 heteroatoms. The Balaban J connectivity index is 2.25. The van der Waals surface area contributed by atoms with E-state index in [0.29, 0.717) is 5.75 Å². The number of nitrogens with one attached hydrogen (secondary N) is 1. The molecule has 1 heterocycles. The summed E-state index contributed by atoms with van der Waals surface area (Å²) in [6.45, 7) is 0. The molecule has 0 aliphatic carbocycles. The number of rotatable bonds is 3. The number of piperidine rings is 1. The Morgan fingerprint density at radius 3 is 2.61 bits per heavy atom. The minimum absolute atomic E-state index is 0.145. The topological polar surface area (TPSA) is 81.5 Å². The summed E-state index contributed by atoms with van der Waals surface area (Å²) in [5.41, 5.74) is 0.727. The van der Waals surface area contributed by atoms with Gasteiger partial charge in [-0.2, -0.15) is 0 Å². The van der Waals surface area contributed by atoms with Gasteiger partial charge in [0.05, 0.1) is 7.11 Å². The van der Waals surface area contributed by atoms with E-state index in [2.05, 4.69) is 5.32 Å². The third-order valence-electron chi connectivity index (χ3n) is 3.11. The van der Waals surface area contributed by atoms with Gasteiger partial charge in [0.15, 0.2) is 0 Å². The number of benzene rings is 1. The molecule has 1 saturated heterocycles. The fourth-order valence-electron chi connectivity index (χ4n) is 2.13. The van der Waals surface area contributed by atoms with Gasteiger partial charge in [-0.1, -0.05) is 12.1 Å². The SMILES string of the molecule is COc1ccc([C@@H]2NC(=O)CC[C@@H]2[N+](=O)[O-])cc1. The van der Waals surface area contributed by atoms with Gasteiger partial charge in [-0.05, 0) is 17.7 Å². The highest BCUT2D eigenvalue weighted by molar-refractivity contribution is 5.77. The molecule has 0 spiro atoms. The van der Waals surface area contributed by atoms with Crippen LogP contribution in [0.15, 0.2) is 24.3 Å². The Labute approximate surface area is 104 Å². The van der Waals surface area contributed by atoms with Gasteiger partial charge in [0, 0.05) is 17.8 Å². The van der Waals surface area contributed by atoms with Gasteiger partial charge >= 0.3 is 0 Å². The Kier molecular flexibility index (Phi) is 3.45. The molecule has 0 radical (unpaired) electrons. The zero-order chi connectivity index (χ0) is 13.1. The first-order chi connectivity index (χ1) is 8.61. The Morgan fingerprint density at radius 2 is 2.06 bits per heavy atom. The van der Waals surface area contributed by atoms with Crippen LogP contribution in [0, 0.1) is 10.1 Å². The van der Waals surface area contributed by atoms with E-state index in [1.54, 1.807) is 31.4 Å². The maximum absolute atomic E-state index is 11.4. The van der Waals surface area contributed by atoms with E-state index in [4.69, 9.17) is 4.74 Å². The van der Waals surface area contributed by atoms with Crippen molar-refractivity contribution in [3.05, 3.63) is 39.9 Å². The van der Waals surface area contributed by atoms with E-state index < -0.39 is 12.1 Å². The van der Waals surface area contributed by atoms with E-state index in [1.807, 2.05) is 0 Å². The normalized spacial score (nSPS) is 23.3. The second kappa shape index (κ2) is 5.03. The highest BCUT2D eigenvalue weighted by Crippen LogP contribution is 2.27. The van der Waals surface area contributed by atoms with Crippen molar-refractivity contribution in [3.63, 3.8) is 0 Å². The van der Waals surface area contributed by atoms with Crippen molar-refractivity contribution in [3.8, 4) is 5.75 Å². The van der Waals surface area contributed by atoms with Gasteiger partial charge in [0.2, 0.25) is 11.9 Å². The highest BCUT2D eigenvalue weighted by Gasteiger charge is 2.37. The molecule has 1 aromatic rings. The fourth-order valence-corrected chi connectivity index (χ4v) is 2.13. The minimum atomic E-state index is -0.768. The molecule has 1 aliphatic heterocycles. The molecule has 18 heavy (non-hydrogen) atoms. The smallest absolute Gasteiger partial charge is 0.237 e. The third kappa shape index (κ3) is 2.42. The lowest BCUT2D eigenvalue weighted by Crippen LogP contribution is -2.45. The molecule has 0 bridgehead atoms. The first-order valence-electron chi connectivity index (χ1n) is 5.68. The summed E-state index contributed by atoms with van der Waals surface area (Å²) in [5, 5.41) is 13.7. The molecule has 1 aliphatic rings. The number of methoxy groups -OCH3 is 1. The second-order valence-corrected chi connectivity index (χ2v) is 4.21. The van der Waals surface area contributed by atoms with Crippen LogP contribution in [0.25, 0.3) is 0 Å². The number of amides is 1. The van der Waals surface area contributed by atoms with Gasteiger partial charge < -0.3 is 10.1 Å². The van der Waals surface area contributed by atoms with Gasteiger partial charge in [-0.3, -0.25) is 14.9 Å². The van der Waals surface area contributed by atoms with Crippen molar-refractivity contribution in [2.24, 2.45) is 0 Å². The maximum Gasteiger partial charge on any atom is 0.237 e. The Hall–Kier alpha value is -2.11. The molecule has 1 amide bonds. The summed E-state index contributed by atoms with van der Waals surface area (Å²) < 4.78 is 5.03. The summed E-state index contributed by atoms with van der Waals surface area (Å²) in [7, 11) is 1.55.